The number of rotatable bonds is 2. The fraction of sp³-hybridized carbons (Fsp3) is 0.750. The van der Waals surface area contributed by atoms with Gasteiger partial charge >= 0.3 is 11.9 Å². The minimum Gasteiger partial charge on any atom is -0.466 e. The molecule has 2 rings (SSSR count). The van der Waals surface area contributed by atoms with Crippen molar-refractivity contribution in [2.75, 3.05) is 13.2 Å². The molecule has 12 heavy (non-hydrogen) atoms. The molecule has 1 heterocycles. The first kappa shape index (κ1) is 7.58. The van der Waals surface area contributed by atoms with Crippen molar-refractivity contribution in [3.8, 4) is 0 Å². The minimum absolute atomic E-state index is 0.108. The van der Waals surface area contributed by atoms with Crippen LogP contribution in [0.5, 0.6) is 0 Å². The lowest BCUT2D eigenvalue weighted by Crippen LogP contribution is -2.15. The van der Waals surface area contributed by atoms with E-state index >= 15 is 0 Å². The van der Waals surface area contributed by atoms with Gasteiger partial charge in [0, 0.05) is 5.92 Å². The van der Waals surface area contributed by atoms with Crippen LogP contribution in [0.4, 0.5) is 0 Å². The third kappa shape index (κ3) is 0.906. The predicted octanol–water partition coefficient (Wildman–Crippen LogP) is -0.0315. The summed E-state index contributed by atoms with van der Waals surface area (Å²) in [6, 6.07) is 0. The summed E-state index contributed by atoms with van der Waals surface area (Å²) in [7, 11) is 0. The van der Waals surface area contributed by atoms with Crippen LogP contribution in [0.3, 0.4) is 0 Å². The van der Waals surface area contributed by atoms with Crippen molar-refractivity contribution in [2.45, 2.75) is 6.92 Å². The zero-order valence-corrected chi connectivity index (χ0v) is 6.78. The van der Waals surface area contributed by atoms with Gasteiger partial charge in [0.05, 0.1) is 25.0 Å². The number of esters is 2. The Bertz CT molecular complexity index is 235. The molecular weight excluding hydrogens is 160 g/mol. The number of hydrogen-bond acceptors (Lipinski definition) is 4. The van der Waals surface area contributed by atoms with E-state index < -0.39 is 0 Å². The molecule has 0 N–H and O–H groups in total. The van der Waals surface area contributed by atoms with Crippen molar-refractivity contribution in [1.82, 2.24) is 0 Å². The first-order chi connectivity index (χ1) is 5.75. The van der Waals surface area contributed by atoms with Crippen molar-refractivity contribution < 1.29 is 19.1 Å². The molecule has 0 spiro atoms. The van der Waals surface area contributed by atoms with Crippen LogP contribution in [0, 0.1) is 17.8 Å². The summed E-state index contributed by atoms with van der Waals surface area (Å²) in [5.74, 6) is -0.769. The number of ether oxygens (including phenoxy) is 2. The van der Waals surface area contributed by atoms with Gasteiger partial charge in [-0.2, -0.15) is 0 Å². The summed E-state index contributed by atoms with van der Waals surface area (Å²) >= 11 is 0. The molecule has 1 aliphatic carbocycles. The van der Waals surface area contributed by atoms with Gasteiger partial charge in [-0.1, -0.05) is 0 Å². The molecule has 0 aromatic carbocycles. The van der Waals surface area contributed by atoms with E-state index in [1.54, 1.807) is 6.92 Å². The number of fused-ring (bicyclic) bond motifs is 1. The molecule has 4 heteroatoms. The average molecular weight is 170 g/mol. The van der Waals surface area contributed by atoms with Gasteiger partial charge in [0.1, 0.15) is 0 Å². The Labute approximate surface area is 69.8 Å². The van der Waals surface area contributed by atoms with Crippen LogP contribution in [0.25, 0.3) is 0 Å². The smallest absolute Gasteiger partial charge is 0.310 e. The summed E-state index contributed by atoms with van der Waals surface area (Å²) in [5, 5.41) is 0. The Hall–Kier alpha value is -1.06. The number of carbonyl (C=O) groups excluding carboxylic acids is 2. The van der Waals surface area contributed by atoms with E-state index in [9.17, 15) is 9.59 Å². The monoisotopic (exact) mass is 170 g/mol. The van der Waals surface area contributed by atoms with Gasteiger partial charge in [0.25, 0.3) is 0 Å². The molecule has 0 aromatic rings. The minimum atomic E-state index is -0.246. The Kier molecular flexibility index (Phi) is 1.56. The quantitative estimate of drug-likeness (QED) is 0.546. The van der Waals surface area contributed by atoms with E-state index in [4.69, 9.17) is 9.47 Å². The Morgan fingerprint density at radius 2 is 2.50 bits per heavy atom. The summed E-state index contributed by atoms with van der Waals surface area (Å²) in [4.78, 5) is 22.0. The summed E-state index contributed by atoms with van der Waals surface area (Å²) < 4.78 is 9.53. The van der Waals surface area contributed by atoms with E-state index in [-0.39, 0.29) is 29.7 Å². The molecule has 0 amide bonds. The maximum absolute atomic E-state index is 11.1. The van der Waals surface area contributed by atoms with E-state index in [1.807, 2.05) is 0 Å². The topological polar surface area (TPSA) is 52.6 Å². The van der Waals surface area contributed by atoms with Gasteiger partial charge in [-0.3, -0.25) is 9.59 Å². The molecule has 0 radical (unpaired) electrons. The SMILES string of the molecule is CCOC(=O)[C@@H]1[C@H]2COC(=O)[C@H]21. The molecule has 3 atom stereocenters. The van der Waals surface area contributed by atoms with Gasteiger partial charge < -0.3 is 9.47 Å². The fourth-order valence-electron chi connectivity index (χ4n) is 1.74. The second-order valence-electron chi connectivity index (χ2n) is 3.10. The lowest BCUT2D eigenvalue weighted by atomic mass is 10.3. The standard InChI is InChI=1S/C8H10O4/c1-2-11-7(9)5-4-3-12-8(10)6(4)5/h4-6H,2-3H2,1H3/t4-,5-,6-/m1/s1. The molecule has 1 aliphatic heterocycles. The van der Waals surface area contributed by atoms with Crippen LogP contribution in [0.15, 0.2) is 0 Å². The average Bonchev–Trinajstić information content (AvgIpc) is 2.65. The van der Waals surface area contributed by atoms with Crippen molar-refractivity contribution in [3.05, 3.63) is 0 Å². The maximum Gasteiger partial charge on any atom is 0.310 e. The molecule has 1 saturated carbocycles. The number of cyclic esters (lactones) is 1. The predicted molar refractivity (Wildman–Crippen MR) is 38.1 cm³/mol. The van der Waals surface area contributed by atoms with E-state index in [0.29, 0.717) is 13.2 Å². The second-order valence-corrected chi connectivity index (χ2v) is 3.10. The highest BCUT2D eigenvalue weighted by Crippen LogP contribution is 2.51. The third-order valence-corrected chi connectivity index (χ3v) is 2.42. The molecule has 4 nitrogen and oxygen atoms in total. The first-order valence-corrected chi connectivity index (χ1v) is 4.09. The van der Waals surface area contributed by atoms with Crippen molar-refractivity contribution in [1.29, 1.82) is 0 Å². The van der Waals surface area contributed by atoms with E-state index in [0.717, 1.165) is 0 Å². The molecule has 2 fully saturated rings. The molecule has 0 aromatic heterocycles. The Balaban J connectivity index is 1.94. The maximum atomic E-state index is 11.1. The van der Waals surface area contributed by atoms with Crippen LogP contribution >= 0.6 is 0 Å². The van der Waals surface area contributed by atoms with Crippen LogP contribution in [0.2, 0.25) is 0 Å². The Morgan fingerprint density at radius 3 is 3.00 bits per heavy atom. The van der Waals surface area contributed by atoms with Gasteiger partial charge in [0.15, 0.2) is 0 Å². The summed E-state index contributed by atoms with van der Waals surface area (Å²) in [6.07, 6.45) is 0. The molecule has 0 unspecified atom stereocenters. The number of hydrogen-bond donors (Lipinski definition) is 0. The molecule has 1 saturated heterocycles. The van der Waals surface area contributed by atoms with Crippen LogP contribution < -0.4 is 0 Å². The fourth-order valence-corrected chi connectivity index (χ4v) is 1.74. The van der Waals surface area contributed by atoms with Crippen molar-refractivity contribution >= 4 is 11.9 Å². The van der Waals surface area contributed by atoms with Crippen LogP contribution in [0.1, 0.15) is 6.92 Å². The van der Waals surface area contributed by atoms with Crippen LogP contribution in [-0.4, -0.2) is 25.2 Å². The zero-order chi connectivity index (χ0) is 8.72. The van der Waals surface area contributed by atoms with E-state index in [1.165, 1.54) is 0 Å². The zero-order valence-electron chi connectivity index (χ0n) is 6.78. The van der Waals surface area contributed by atoms with Gasteiger partial charge in [-0.15, -0.1) is 0 Å². The highest BCUT2D eigenvalue weighted by molar-refractivity contribution is 5.90. The summed E-state index contributed by atoms with van der Waals surface area (Å²) in [5.41, 5.74) is 0. The second kappa shape index (κ2) is 2.47. The largest absolute Gasteiger partial charge is 0.466 e. The molecular formula is C8H10O4. The highest BCUT2D eigenvalue weighted by atomic mass is 16.6. The highest BCUT2D eigenvalue weighted by Gasteiger charge is 2.65. The first-order valence-electron chi connectivity index (χ1n) is 4.09. The molecule has 66 valence electrons. The van der Waals surface area contributed by atoms with Crippen molar-refractivity contribution in [2.24, 2.45) is 17.8 Å². The number of carbonyl (C=O) groups is 2. The molecule has 0 bridgehead atoms. The van der Waals surface area contributed by atoms with Gasteiger partial charge in [0.2, 0.25) is 0 Å². The van der Waals surface area contributed by atoms with Crippen LogP contribution in [-0.2, 0) is 19.1 Å². The lowest BCUT2D eigenvalue weighted by Gasteiger charge is -2.02. The normalized spacial score (nSPS) is 37.1. The lowest BCUT2D eigenvalue weighted by molar-refractivity contribution is -0.151. The third-order valence-electron chi connectivity index (χ3n) is 2.42. The summed E-state index contributed by atoms with van der Waals surface area (Å²) in [6.45, 7) is 2.53. The Morgan fingerprint density at radius 1 is 1.75 bits per heavy atom. The van der Waals surface area contributed by atoms with Gasteiger partial charge in [-0.05, 0) is 6.92 Å². The van der Waals surface area contributed by atoms with E-state index in [2.05, 4.69) is 0 Å². The molecule has 2 aliphatic rings. The van der Waals surface area contributed by atoms with Crippen molar-refractivity contribution in [3.63, 3.8) is 0 Å². The van der Waals surface area contributed by atoms with Gasteiger partial charge in [-0.25, -0.2) is 0 Å².